The Morgan fingerprint density at radius 3 is 2.44 bits per heavy atom. The van der Waals surface area contributed by atoms with E-state index in [4.69, 9.17) is 10.5 Å². The molecule has 1 saturated carbocycles. The lowest BCUT2D eigenvalue weighted by molar-refractivity contribution is -0.134. The molecule has 39 heavy (non-hydrogen) atoms. The second kappa shape index (κ2) is 13.6. The monoisotopic (exact) mass is 544 g/mol. The van der Waals surface area contributed by atoms with Crippen molar-refractivity contribution in [1.82, 2.24) is 26.6 Å². The van der Waals surface area contributed by atoms with Gasteiger partial charge in [-0.3, -0.25) is 28.8 Å². The fraction of sp³-hybridized carbons (Fsp3) is 0.538. The van der Waals surface area contributed by atoms with Crippen LogP contribution in [0.15, 0.2) is 24.3 Å². The van der Waals surface area contributed by atoms with E-state index >= 15 is 0 Å². The molecule has 1 aromatic rings. The van der Waals surface area contributed by atoms with Gasteiger partial charge in [0.05, 0.1) is 24.9 Å². The number of ether oxygens (including phenoxy) is 1. The van der Waals surface area contributed by atoms with E-state index in [1.165, 1.54) is 6.07 Å². The number of hydrogen-bond donors (Lipinski definition) is 6. The molecule has 1 fully saturated rings. The smallest absolute Gasteiger partial charge is 0.255 e. The van der Waals surface area contributed by atoms with Crippen LogP contribution in [0.4, 0.5) is 0 Å². The molecule has 0 saturated heterocycles. The molecule has 1 aliphatic heterocycles. The molecule has 2 aliphatic rings. The number of nitrogens with two attached hydrogens (primary N) is 1. The first-order chi connectivity index (χ1) is 18.5. The predicted molar refractivity (Wildman–Crippen MR) is 139 cm³/mol. The molecule has 0 bridgehead atoms. The van der Waals surface area contributed by atoms with E-state index in [2.05, 4.69) is 26.6 Å². The van der Waals surface area contributed by atoms with Gasteiger partial charge in [0.2, 0.25) is 29.5 Å². The van der Waals surface area contributed by atoms with Crippen molar-refractivity contribution in [1.29, 1.82) is 0 Å². The minimum atomic E-state index is -1.39. The summed E-state index contributed by atoms with van der Waals surface area (Å²) in [6.07, 6.45) is 0.931. The van der Waals surface area contributed by atoms with Gasteiger partial charge in [0, 0.05) is 6.54 Å². The zero-order chi connectivity index (χ0) is 28.5. The van der Waals surface area contributed by atoms with Gasteiger partial charge in [-0.15, -0.1) is 0 Å². The van der Waals surface area contributed by atoms with E-state index in [1.807, 2.05) is 0 Å². The Balaban J connectivity index is 1.90. The molecule has 1 aromatic carbocycles. The van der Waals surface area contributed by atoms with Crippen LogP contribution in [-0.2, 0) is 24.0 Å². The summed E-state index contributed by atoms with van der Waals surface area (Å²) in [7, 11) is 0. The van der Waals surface area contributed by atoms with Gasteiger partial charge in [0.15, 0.2) is 0 Å². The van der Waals surface area contributed by atoms with Gasteiger partial charge in [-0.2, -0.15) is 0 Å². The second-order valence-electron chi connectivity index (χ2n) is 10.1. The number of amides is 6. The van der Waals surface area contributed by atoms with Gasteiger partial charge in [-0.05, 0) is 36.8 Å². The molecular weight excluding hydrogens is 508 g/mol. The van der Waals surface area contributed by atoms with E-state index in [0.29, 0.717) is 12.5 Å². The molecule has 3 rings (SSSR count). The summed E-state index contributed by atoms with van der Waals surface area (Å²) >= 11 is 0. The van der Waals surface area contributed by atoms with Crippen LogP contribution in [0, 0.1) is 11.8 Å². The minimum Gasteiger partial charge on any atom is -0.491 e. The zero-order valence-corrected chi connectivity index (χ0v) is 22.1. The summed E-state index contributed by atoms with van der Waals surface area (Å²) in [6, 6.07) is 2.74. The van der Waals surface area contributed by atoms with Crippen molar-refractivity contribution in [3.8, 4) is 5.75 Å². The van der Waals surface area contributed by atoms with Crippen molar-refractivity contribution in [3.05, 3.63) is 29.8 Å². The van der Waals surface area contributed by atoms with E-state index in [0.717, 1.165) is 12.8 Å². The number of carbonyl (C=O) groups is 6. The Morgan fingerprint density at radius 2 is 1.77 bits per heavy atom. The summed E-state index contributed by atoms with van der Waals surface area (Å²) in [5.74, 6) is -3.87. The first kappa shape index (κ1) is 29.4. The van der Waals surface area contributed by atoms with Crippen molar-refractivity contribution in [2.45, 2.75) is 57.7 Å². The lowest BCUT2D eigenvalue weighted by Crippen LogP contribution is -2.57. The molecule has 0 radical (unpaired) electrons. The summed E-state index contributed by atoms with van der Waals surface area (Å²) in [5.41, 5.74) is 5.43. The molecule has 7 N–H and O–H groups in total. The maximum Gasteiger partial charge on any atom is 0.255 e. The van der Waals surface area contributed by atoms with Gasteiger partial charge in [0.1, 0.15) is 30.5 Å². The molecular formula is C26H36N6O7. The lowest BCUT2D eigenvalue weighted by Gasteiger charge is -2.25. The quantitative estimate of drug-likeness (QED) is 0.256. The number of primary amides is 1. The van der Waals surface area contributed by atoms with Crippen LogP contribution in [-0.4, -0.2) is 73.3 Å². The Kier molecular flexibility index (Phi) is 10.2. The first-order valence-corrected chi connectivity index (χ1v) is 13.0. The standard InChI is InChI=1S/C26H36N6O7/c1-14(2)22-26(38)28-9-10-39-19-6-4-3-5-16(19)23(35)31-18(24(36)29-13-15-7-8-15)12-21(34)30-17(11-20(27)33)25(37)32-22/h3-6,14-15,17-18,22H,7-13H2,1-2H3,(H2,27,33)(H,28,38)(H,29,36)(H,30,34)(H,31,35)(H,32,37)/t17-,18-,22+/m0/s1. The van der Waals surface area contributed by atoms with Crippen molar-refractivity contribution in [3.63, 3.8) is 0 Å². The number of para-hydroxylation sites is 1. The van der Waals surface area contributed by atoms with Gasteiger partial charge in [-0.25, -0.2) is 0 Å². The highest BCUT2D eigenvalue weighted by molar-refractivity contribution is 6.01. The largest absolute Gasteiger partial charge is 0.491 e. The lowest BCUT2D eigenvalue weighted by atomic mass is 10.0. The highest BCUT2D eigenvalue weighted by Gasteiger charge is 2.32. The third-order valence-electron chi connectivity index (χ3n) is 6.37. The highest BCUT2D eigenvalue weighted by atomic mass is 16.5. The topological polar surface area (TPSA) is 198 Å². The van der Waals surface area contributed by atoms with Crippen molar-refractivity contribution >= 4 is 35.4 Å². The van der Waals surface area contributed by atoms with E-state index in [-0.39, 0.29) is 30.4 Å². The van der Waals surface area contributed by atoms with Crippen molar-refractivity contribution in [2.75, 3.05) is 19.7 Å². The average molecular weight is 545 g/mol. The van der Waals surface area contributed by atoms with Crippen LogP contribution in [0.2, 0.25) is 0 Å². The molecule has 13 nitrogen and oxygen atoms in total. The van der Waals surface area contributed by atoms with Crippen molar-refractivity contribution < 1.29 is 33.5 Å². The highest BCUT2D eigenvalue weighted by Crippen LogP contribution is 2.27. The molecule has 13 heteroatoms. The fourth-order valence-electron chi connectivity index (χ4n) is 4.00. The SMILES string of the molecule is CC(C)[C@H]1NC(=O)[C@H](CC(N)=O)NC(=O)C[C@@H](C(=O)NCC2CC2)NC(=O)c2ccccc2OCCNC1=O. The van der Waals surface area contributed by atoms with Crippen LogP contribution in [0.3, 0.4) is 0 Å². The normalized spacial score (nSPS) is 23.2. The number of nitrogens with one attached hydrogen (secondary N) is 5. The summed E-state index contributed by atoms with van der Waals surface area (Å²) in [4.78, 5) is 76.6. The van der Waals surface area contributed by atoms with E-state index < -0.39 is 66.4 Å². The molecule has 6 amide bonds. The average Bonchev–Trinajstić information content (AvgIpc) is 3.71. The zero-order valence-electron chi connectivity index (χ0n) is 22.1. The Bertz CT molecular complexity index is 1100. The van der Waals surface area contributed by atoms with Crippen LogP contribution in [0.5, 0.6) is 5.75 Å². The Morgan fingerprint density at radius 1 is 1.05 bits per heavy atom. The fourth-order valence-corrected chi connectivity index (χ4v) is 4.00. The number of hydrogen-bond acceptors (Lipinski definition) is 7. The van der Waals surface area contributed by atoms with Gasteiger partial charge >= 0.3 is 0 Å². The summed E-state index contributed by atoms with van der Waals surface area (Å²) in [6.45, 7) is 3.95. The molecule has 3 atom stereocenters. The van der Waals surface area contributed by atoms with Crippen molar-refractivity contribution in [2.24, 2.45) is 17.6 Å². The predicted octanol–water partition coefficient (Wildman–Crippen LogP) is -1.29. The third-order valence-corrected chi connectivity index (χ3v) is 6.37. The molecule has 0 spiro atoms. The van der Waals surface area contributed by atoms with Crippen LogP contribution in [0.25, 0.3) is 0 Å². The molecule has 1 aliphatic carbocycles. The molecule has 212 valence electrons. The summed E-state index contributed by atoms with van der Waals surface area (Å²) < 4.78 is 5.72. The van der Waals surface area contributed by atoms with Crippen LogP contribution < -0.4 is 37.1 Å². The maximum absolute atomic E-state index is 13.2. The Labute approximate surface area is 226 Å². The molecule has 0 unspecified atom stereocenters. The maximum atomic E-state index is 13.2. The van der Waals surface area contributed by atoms with Gasteiger partial charge < -0.3 is 37.1 Å². The second-order valence-corrected chi connectivity index (χ2v) is 10.1. The van der Waals surface area contributed by atoms with E-state index in [1.54, 1.807) is 32.0 Å². The van der Waals surface area contributed by atoms with Crippen LogP contribution in [0.1, 0.15) is 49.9 Å². The molecule has 1 heterocycles. The van der Waals surface area contributed by atoms with Gasteiger partial charge in [0.25, 0.3) is 5.91 Å². The number of benzene rings is 1. The number of carbonyl (C=O) groups excluding carboxylic acids is 6. The summed E-state index contributed by atoms with van der Waals surface area (Å²) in [5, 5.41) is 13.0. The Hall–Kier alpha value is -4.16. The number of rotatable bonds is 6. The molecule has 0 aromatic heterocycles. The van der Waals surface area contributed by atoms with Gasteiger partial charge in [-0.1, -0.05) is 26.0 Å². The minimum absolute atomic E-state index is 0.0183. The van der Waals surface area contributed by atoms with E-state index in [9.17, 15) is 28.8 Å². The number of fused-ring (bicyclic) bond motifs is 1. The van der Waals surface area contributed by atoms with Crippen LogP contribution >= 0.6 is 0 Å². The third kappa shape index (κ3) is 8.97. The first-order valence-electron chi connectivity index (χ1n) is 13.0.